The van der Waals surface area contributed by atoms with Gasteiger partial charge in [-0.3, -0.25) is 4.79 Å². The van der Waals surface area contributed by atoms with Crippen molar-refractivity contribution in [3.63, 3.8) is 0 Å². The molecule has 45 heavy (non-hydrogen) atoms. The monoisotopic (exact) mass is 634 g/mol. The summed E-state index contributed by atoms with van der Waals surface area (Å²) in [5.41, 5.74) is 0. The second-order valence-electron chi connectivity index (χ2n) is 13.1. The van der Waals surface area contributed by atoms with Gasteiger partial charge >= 0.3 is 0 Å². The molecule has 0 saturated heterocycles. The molecule has 4 N–H and O–H groups in total. The number of hydrogen-bond donors (Lipinski definition) is 4. The summed E-state index contributed by atoms with van der Waals surface area (Å²) in [5, 5.41) is 32.9. The highest BCUT2D eigenvalue weighted by molar-refractivity contribution is 5.80. The molecule has 5 heteroatoms. The molecule has 0 radical (unpaired) electrons. The van der Waals surface area contributed by atoms with Crippen LogP contribution in [-0.2, 0) is 4.79 Å². The SMILES string of the molecule is CCCCCCCCCC/C=C/CC/C=C/CC/C=C/C(O)C(CO)NC(=O)C(O)CCCCCCCCCCCCCCC. The maximum absolute atomic E-state index is 12.4. The van der Waals surface area contributed by atoms with Crippen molar-refractivity contribution in [2.45, 2.75) is 205 Å². The molecular weight excluding hydrogens is 558 g/mol. The minimum atomic E-state index is -1.10. The fourth-order valence-corrected chi connectivity index (χ4v) is 5.63. The van der Waals surface area contributed by atoms with Crippen molar-refractivity contribution in [3.8, 4) is 0 Å². The molecule has 0 heterocycles. The van der Waals surface area contributed by atoms with Crippen molar-refractivity contribution < 1.29 is 20.1 Å². The average Bonchev–Trinajstić information content (AvgIpc) is 3.04. The molecule has 0 saturated carbocycles. The predicted octanol–water partition coefficient (Wildman–Crippen LogP) is 10.4. The Balaban J connectivity index is 3.81. The van der Waals surface area contributed by atoms with Gasteiger partial charge in [-0.2, -0.15) is 0 Å². The number of amides is 1. The largest absolute Gasteiger partial charge is 0.394 e. The molecule has 0 fully saturated rings. The predicted molar refractivity (Wildman–Crippen MR) is 194 cm³/mol. The molecule has 0 aromatic heterocycles. The number of rotatable bonds is 34. The third-order valence-corrected chi connectivity index (χ3v) is 8.71. The van der Waals surface area contributed by atoms with E-state index in [9.17, 15) is 20.1 Å². The van der Waals surface area contributed by atoms with E-state index in [1.165, 1.54) is 122 Å². The summed E-state index contributed by atoms with van der Waals surface area (Å²) < 4.78 is 0. The fraction of sp³-hybridized carbons (Fsp3) is 0.825. The molecule has 0 aromatic carbocycles. The zero-order chi connectivity index (χ0) is 33.1. The summed E-state index contributed by atoms with van der Waals surface area (Å²) in [6.45, 7) is 4.14. The molecule has 0 aliphatic carbocycles. The zero-order valence-electron chi connectivity index (χ0n) is 29.7. The lowest BCUT2D eigenvalue weighted by atomic mass is 10.0. The number of carbonyl (C=O) groups excluding carboxylic acids is 1. The van der Waals surface area contributed by atoms with Gasteiger partial charge < -0.3 is 20.6 Å². The van der Waals surface area contributed by atoms with Gasteiger partial charge in [-0.25, -0.2) is 0 Å². The third-order valence-electron chi connectivity index (χ3n) is 8.71. The molecule has 3 unspecified atom stereocenters. The van der Waals surface area contributed by atoms with Gasteiger partial charge in [0, 0.05) is 0 Å². The van der Waals surface area contributed by atoms with Crippen LogP contribution in [-0.4, -0.2) is 46.1 Å². The first-order chi connectivity index (χ1) is 22.1. The average molecular weight is 634 g/mol. The maximum Gasteiger partial charge on any atom is 0.249 e. The number of aliphatic hydroxyl groups is 3. The Hall–Kier alpha value is -1.43. The molecule has 0 rings (SSSR count). The lowest BCUT2D eigenvalue weighted by Gasteiger charge is -2.21. The summed E-state index contributed by atoms with van der Waals surface area (Å²) in [6.07, 6.45) is 43.0. The van der Waals surface area contributed by atoms with Gasteiger partial charge in [0.25, 0.3) is 0 Å². The van der Waals surface area contributed by atoms with Crippen LogP contribution in [0.4, 0.5) is 0 Å². The maximum atomic E-state index is 12.4. The second-order valence-corrected chi connectivity index (χ2v) is 13.1. The van der Waals surface area contributed by atoms with Crippen LogP contribution in [0.5, 0.6) is 0 Å². The quantitative estimate of drug-likeness (QED) is 0.0419. The minimum Gasteiger partial charge on any atom is -0.394 e. The molecule has 0 bridgehead atoms. The Morgan fingerprint density at radius 2 is 0.911 bits per heavy atom. The highest BCUT2D eigenvalue weighted by atomic mass is 16.3. The van der Waals surface area contributed by atoms with Gasteiger partial charge in [0.1, 0.15) is 6.10 Å². The Bertz CT molecular complexity index is 704. The number of nitrogens with one attached hydrogen (secondary N) is 1. The fourth-order valence-electron chi connectivity index (χ4n) is 5.63. The smallest absolute Gasteiger partial charge is 0.249 e. The van der Waals surface area contributed by atoms with E-state index in [0.717, 1.165) is 44.9 Å². The molecular formula is C40H75NO4. The van der Waals surface area contributed by atoms with Crippen molar-refractivity contribution in [1.82, 2.24) is 5.32 Å². The van der Waals surface area contributed by atoms with Gasteiger partial charge in [0.2, 0.25) is 5.91 Å². The van der Waals surface area contributed by atoms with Crippen LogP contribution in [0.2, 0.25) is 0 Å². The Labute approximate surface area is 279 Å². The van der Waals surface area contributed by atoms with Crippen LogP contribution in [0, 0.1) is 0 Å². The van der Waals surface area contributed by atoms with Crippen molar-refractivity contribution in [2.24, 2.45) is 0 Å². The van der Waals surface area contributed by atoms with Crippen molar-refractivity contribution in [3.05, 3.63) is 36.5 Å². The topological polar surface area (TPSA) is 89.8 Å². The first-order valence-electron chi connectivity index (χ1n) is 19.3. The van der Waals surface area contributed by atoms with Crippen LogP contribution >= 0.6 is 0 Å². The third kappa shape index (κ3) is 31.0. The van der Waals surface area contributed by atoms with Crippen LogP contribution in [0.15, 0.2) is 36.5 Å². The van der Waals surface area contributed by atoms with E-state index < -0.39 is 24.2 Å². The minimum absolute atomic E-state index is 0.380. The Kier molecular flexibility index (Phi) is 34.3. The van der Waals surface area contributed by atoms with Crippen LogP contribution < -0.4 is 5.32 Å². The van der Waals surface area contributed by atoms with Gasteiger partial charge in [-0.15, -0.1) is 0 Å². The van der Waals surface area contributed by atoms with Crippen molar-refractivity contribution in [1.29, 1.82) is 0 Å². The molecule has 0 spiro atoms. The highest BCUT2D eigenvalue weighted by Gasteiger charge is 2.22. The van der Waals surface area contributed by atoms with Crippen LogP contribution in [0.3, 0.4) is 0 Å². The molecule has 264 valence electrons. The molecule has 0 aromatic rings. The molecule has 1 amide bonds. The number of allylic oxidation sites excluding steroid dienone is 5. The summed E-state index contributed by atoms with van der Waals surface area (Å²) >= 11 is 0. The Morgan fingerprint density at radius 1 is 0.533 bits per heavy atom. The van der Waals surface area contributed by atoms with E-state index >= 15 is 0 Å². The Morgan fingerprint density at radius 3 is 1.36 bits per heavy atom. The zero-order valence-corrected chi connectivity index (χ0v) is 29.7. The van der Waals surface area contributed by atoms with Crippen LogP contribution in [0.1, 0.15) is 187 Å². The van der Waals surface area contributed by atoms with Crippen molar-refractivity contribution >= 4 is 5.91 Å². The number of aliphatic hydroxyl groups excluding tert-OH is 3. The number of hydrogen-bond acceptors (Lipinski definition) is 4. The lowest BCUT2D eigenvalue weighted by Crippen LogP contribution is -2.48. The van der Waals surface area contributed by atoms with Crippen molar-refractivity contribution in [2.75, 3.05) is 6.61 Å². The van der Waals surface area contributed by atoms with E-state index in [1.54, 1.807) is 6.08 Å². The lowest BCUT2D eigenvalue weighted by molar-refractivity contribution is -0.131. The first kappa shape index (κ1) is 43.6. The molecule has 0 aliphatic heterocycles. The van der Waals surface area contributed by atoms with E-state index in [4.69, 9.17) is 0 Å². The van der Waals surface area contributed by atoms with E-state index in [0.29, 0.717) is 6.42 Å². The summed E-state index contributed by atoms with van der Waals surface area (Å²) in [6, 6.07) is -0.817. The van der Waals surface area contributed by atoms with Crippen LogP contribution in [0.25, 0.3) is 0 Å². The number of unbranched alkanes of at least 4 members (excludes halogenated alkanes) is 22. The normalized spacial score (nSPS) is 14.2. The first-order valence-corrected chi connectivity index (χ1v) is 19.3. The molecule has 0 aliphatic rings. The van der Waals surface area contributed by atoms with Gasteiger partial charge in [0.15, 0.2) is 0 Å². The highest BCUT2D eigenvalue weighted by Crippen LogP contribution is 2.14. The van der Waals surface area contributed by atoms with Gasteiger partial charge in [-0.1, -0.05) is 179 Å². The second kappa shape index (κ2) is 35.4. The summed E-state index contributed by atoms with van der Waals surface area (Å²) in [7, 11) is 0. The van der Waals surface area contributed by atoms with Gasteiger partial charge in [-0.05, 0) is 44.9 Å². The standard InChI is InChI=1S/C40H75NO4/c1-3-5-7-9-11-13-15-17-18-19-20-21-23-24-26-28-30-32-34-38(43)37(36-42)41-40(45)39(44)35-33-31-29-27-25-22-16-14-12-10-8-6-4-2/h19-20,24,26,32,34,37-39,42-44H,3-18,21-23,25,27-31,33,35-36H2,1-2H3,(H,41,45)/b20-19+,26-24+,34-32+. The van der Waals surface area contributed by atoms with E-state index in [1.807, 2.05) is 6.08 Å². The number of carbonyl (C=O) groups is 1. The molecule has 3 atom stereocenters. The summed E-state index contributed by atoms with van der Waals surface area (Å²) in [5.74, 6) is -0.518. The van der Waals surface area contributed by atoms with E-state index in [-0.39, 0.29) is 6.61 Å². The van der Waals surface area contributed by atoms with Gasteiger partial charge in [0.05, 0.1) is 18.8 Å². The molecule has 5 nitrogen and oxygen atoms in total. The van der Waals surface area contributed by atoms with E-state index in [2.05, 4.69) is 43.5 Å². The summed E-state index contributed by atoms with van der Waals surface area (Å²) in [4.78, 5) is 12.4.